The van der Waals surface area contributed by atoms with Crippen molar-refractivity contribution in [3.63, 3.8) is 0 Å². The predicted molar refractivity (Wildman–Crippen MR) is 123 cm³/mol. The van der Waals surface area contributed by atoms with Gasteiger partial charge in [0.2, 0.25) is 21.8 Å². The third-order valence-electron chi connectivity index (χ3n) is 7.01. The molecule has 2 saturated heterocycles. The molecule has 0 bridgehead atoms. The number of carbonyl (C=O) groups is 2. The van der Waals surface area contributed by atoms with Gasteiger partial charge in [0.1, 0.15) is 6.54 Å². The fourth-order valence-corrected chi connectivity index (χ4v) is 6.24. The summed E-state index contributed by atoms with van der Waals surface area (Å²) in [7, 11) is -1.52. The molecule has 9 heteroatoms. The Bertz CT molecular complexity index is 964. The number of benzene rings is 1. The zero-order valence-corrected chi connectivity index (χ0v) is 19.9. The van der Waals surface area contributed by atoms with E-state index >= 15 is 0 Å². The van der Waals surface area contributed by atoms with Crippen LogP contribution in [0.3, 0.4) is 0 Å². The van der Waals surface area contributed by atoms with Gasteiger partial charge in [-0.25, -0.2) is 8.42 Å². The van der Waals surface area contributed by atoms with Gasteiger partial charge in [-0.1, -0.05) is 6.92 Å². The number of anilines is 1. The third-order valence-corrected chi connectivity index (χ3v) is 8.90. The van der Waals surface area contributed by atoms with Crippen LogP contribution >= 0.6 is 0 Å². The average molecular weight is 463 g/mol. The van der Waals surface area contributed by atoms with Gasteiger partial charge in [0, 0.05) is 51.4 Å². The Balaban J connectivity index is 1.56. The lowest BCUT2D eigenvalue weighted by Crippen LogP contribution is -2.50. The van der Waals surface area contributed by atoms with E-state index in [9.17, 15) is 18.0 Å². The number of hydrogen-bond acceptors (Lipinski definition) is 5. The minimum Gasteiger partial charge on any atom is -0.339 e. The molecule has 0 atom stereocenters. The lowest BCUT2D eigenvalue weighted by atomic mass is 10.0. The van der Waals surface area contributed by atoms with Crippen molar-refractivity contribution in [3.05, 3.63) is 23.8 Å². The summed E-state index contributed by atoms with van der Waals surface area (Å²) in [6, 6.07) is 5.03. The number of fused-ring (bicyclic) bond motifs is 1. The van der Waals surface area contributed by atoms with Crippen molar-refractivity contribution in [1.82, 2.24) is 14.1 Å². The molecule has 0 aromatic heterocycles. The molecular formula is C23H34N4O4S. The van der Waals surface area contributed by atoms with E-state index in [1.54, 1.807) is 27.4 Å². The first-order valence-electron chi connectivity index (χ1n) is 11.7. The topological polar surface area (TPSA) is 81.2 Å². The number of nitrogens with zero attached hydrogens (tertiary/aromatic N) is 4. The van der Waals surface area contributed by atoms with Gasteiger partial charge in [0.05, 0.1) is 4.90 Å². The summed E-state index contributed by atoms with van der Waals surface area (Å²) in [4.78, 5) is 31.6. The van der Waals surface area contributed by atoms with E-state index in [0.29, 0.717) is 57.0 Å². The van der Waals surface area contributed by atoms with Gasteiger partial charge in [-0.3, -0.25) is 9.59 Å². The maximum Gasteiger partial charge on any atom is 0.243 e. The molecule has 0 N–H and O–H groups in total. The number of aryl methyl sites for hydroxylation is 1. The lowest BCUT2D eigenvalue weighted by Gasteiger charge is -2.34. The highest BCUT2D eigenvalue weighted by Gasteiger charge is 2.31. The highest BCUT2D eigenvalue weighted by Crippen LogP contribution is 2.31. The highest BCUT2D eigenvalue weighted by molar-refractivity contribution is 7.89. The lowest BCUT2D eigenvalue weighted by molar-refractivity contribution is -0.132. The van der Waals surface area contributed by atoms with E-state index in [2.05, 4.69) is 11.8 Å². The molecule has 0 unspecified atom stereocenters. The van der Waals surface area contributed by atoms with Crippen LogP contribution in [0, 0.1) is 5.92 Å². The summed E-state index contributed by atoms with van der Waals surface area (Å²) in [6.45, 7) is 6.23. The molecule has 2 fully saturated rings. The van der Waals surface area contributed by atoms with Crippen LogP contribution < -0.4 is 4.90 Å². The summed E-state index contributed by atoms with van der Waals surface area (Å²) in [5.74, 6) is 0.413. The molecule has 2 amide bonds. The molecule has 4 rings (SSSR count). The molecule has 0 saturated carbocycles. The van der Waals surface area contributed by atoms with E-state index < -0.39 is 10.0 Å². The molecule has 0 radical (unpaired) electrons. The molecule has 0 aliphatic carbocycles. The zero-order chi connectivity index (χ0) is 22.9. The molecule has 8 nitrogen and oxygen atoms in total. The van der Waals surface area contributed by atoms with Gasteiger partial charge in [-0.15, -0.1) is 0 Å². The second-order valence-corrected chi connectivity index (χ2v) is 11.3. The van der Waals surface area contributed by atoms with Crippen LogP contribution in [0.1, 0.15) is 38.2 Å². The summed E-state index contributed by atoms with van der Waals surface area (Å²) < 4.78 is 28.0. The number of rotatable bonds is 4. The second kappa shape index (κ2) is 9.49. The first-order valence-corrected chi connectivity index (χ1v) is 13.1. The quantitative estimate of drug-likeness (QED) is 0.678. The van der Waals surface area contributed by atoms with Crippen molar-refractivity contribution < 1.29 is 18.0 Å². The summed E-state index contributed by atoms with van der Waals surface area (Å²) in [6.07, 6.45) is 3.38. The van der Waals surface area contributed by atoms with E-state index in [-0.39, 0.29) is 23.3 Å². The number of carbonyl (C=O) groups excluding carboxylic acids is 2. The largest absolute Gasteiger partial charge is 0.339 e. The SMILES string of the molecule is CC1CCN(S(=O)(=O)c2ccc3c(c2)CCCC(=O)N3CC(=O)N2CCN(C)CC2)CC1. The standard InChI is InChI=1S/C23H34N4O4S/c1-18-8-10-26(11-9-18)32(30,31)20-6-7-21-19(16-20)4-3-5-22(28)27(21)17-23(29)25-14-12-24(2)13-15-25/h6-7,16,18H,3-5,8-15,17H2,1-2H3. The van der Waals surface area contributed by atoms with Crippen LogP contribution in [-0.4, -0.2) is 87.2 Å². The van der Waals surface area contributed by atoms with E-state index in [1.165, 1.54) is 0 Å². The monoisotopic (exact) mass is 462 g/mol. The van der Waals surface area contributed by atoms with E-state index in [4.69, 9.17) is 0 Å². The van der Waals surface area contributed by atoms with Crippen molar-refractivity contribution in [2.45, 2.75) is 43.9 Å². The van der Waals surface area contributed by atoms with Crippen LogP contribution in [0.25, 0.3) is 0 Å². The van der Waals surface area contributed by atoms with Crippen LogP contribution in [-0.2, 0) is 26.0 Å². The molecule has 0 spiro atoms. The minimum atomic E-state index is -3.56. The molecule has 3 heterocycles. The van der Waals surface area contributed by atoms with Gasteiger partial charge >= 0.3 is 0 Å². The Morgan fingerprint density at radius 3 is 2.41 bits per heavy atom. The normalized spacial score (nSPS) is 22.0. The van der Waals surface area contributed by atoms with E-state index in [1.807, 2.05) is 11.9 Å². The van der Waals surface area contributed by atoms with Gasteiger partial charge in [0.15, 0.2) is 0 Å². The third kappa shape index (κ3) is 4.84. The molecule has 1 aromatic carbocycles. The number of piperazine rings is 1. The molecule has 32 heavy (non-hydrogen) atoms. The Hall–Kier alpha value is -1.97. The molecule has 176 valence electrons. The zero-order valence-electron chi connectivity index (χ0n) is 19.1. The molecule has 3 aliphatic heterocycles. The Morgan fingerprint density at radius 1 is 1.03 bits per heavy atom. The fraction of sp³-hybridized carbons (Fsp3) is 0.652. The maximum absolute atomic E-state index is 13.2. The number of amides is 2. The highest BCUT2D eigenvalue weighted by atomic mass is 32.2. The van der Waals surface area contributed by atoms with Crippen molar-refractivity contribution in [1.29, 1.82) is 0 Å². The Kier molecular flexibility index (Phi) is 6.88. The minimum absolute atomic E-state index is 0.00561. The smallest absolute Gasteiger partial charge is 0.243 e. The maximum atomic E-state index is 13.2. The van der Waals surface area contributed by atoms with Crippen LogP contribution in [0.15, 0.2) is 23.1 Å². The van der Waals surface area contributed by atoms with Gasteiger partial charge < -0.3 is 14.7 Å². The van der Waals surface area contributed by atoms with Crippen LogP contribution in [0.2, 0.25) is 0 Å². The average Bonchev–Trinajstić information content (AvgIpc) is 2.92. The molecule has 3 aliphatic rings. The Morgan fingerprint density at radius 2 is 1.72 bits per heavy atom. The first-order chi connectivity index (χ1) is 15.3. The van der Waals surface area contributed by atoms with E-state index in [0.717, 1.165) is 31.5 Å². The molecular weight excluding hydrogens is 428 g/mol. The summed E-state index contributed by atoms with van der Waals surface area (Å²) in [5, 5.41) is 0. The Labute approximate surface area is 191 Å². The van der Waals surface area contributed by atoms with Gasteiger partial charge in [-0.2, -0.15) is 4.31 Å². The second-order valence-electron chi connectivity index (χ2n) is 9.39. The van der Waals surface area contributed by atoms with Gasteiger partial charge in [0.25, 0.3) is 0 Å². The van der Waals surface area contributed by atoms with Crippen molar-refractivity contribution >= 4 is 27.5 Å². The fourth-order valence-electron chi connectivity index (χ4n) is 4.72. The predicted octanol–water partition coefficient (Wildman–Crippen LogP) is 1.55. The van der Waals surface area contributed by atoms with Crippen molar-refractivity contribution in [2.75, 3.05) is 57.8 Å². The van der Waals surface area contributed by atoms with Gasteiger partial charge in [-0.05, 0) is 62.4 Å². The molecule has 1 aromatic rings. The number of likely N-dealkylation sites (N-methyl/N-ethyl adjacent to an activating group) is 1. The number of hydrogen-bond donors (Lipinski definition) is 0. The van der Waals surface area contributed by atoms with Crippen LogP contribution in [0.4, 0.5) is 5.69 Å². The summed E-state index contributed by atoms with van der Waals surface area (Å²) >= 11 is 0. The number of sulfonamides is 1. The summed E-state index contributed by atoms with van der Waals surface area (Å²) in [5.41, 5.74) is 1.50. The van der Waals surface area contributed by atoms with Crippen molar-refractivity contribution in [3.8, 4) is 0 Å². The van der Waals surface area contributed by atoms with Crippen molar-refractivity contribution in [2.24, 2.45) is 5.92 Å². The van der Waals surface area contributed by atoms with Crippen LogP contribution in [0.5, 0.6) is 0 Å². The number of piperidine rings is 1. The first kappa shape index (κ1) is 23.2.